The van der Waals surface area contributed by atoms with Crippen LogP contribution in [0.25, 0.3) is 0 Å². The fourth-order valence-corrected chi connectivity index (χ4v) is 1.70. The number of nitriles is 1. The van der Waals surface area contributed by atoms with Crippen LogP contribution in [0.2, 0.25) is 5.02 Å². The van der Waals surface area contributed by atoms with E-state index in [2.05, 4.69) is 10.3 Å². The summed E-state index contributed by atoms with van der Waals surface area (Å²) < 4.78 is 26.3. The number of nitrogens with zero attached hydrogens (tertiary/aromatic N) is 2. The number of anilines is 1. The lowest BCUT2D eigenvalue weighted by Gasteiger charge is -2.08. The highest BCUT2D eigenvalue weighted by atomic mass is 35.5. The molecular weight excluding hydrogens is 288 g/mol. The van der Waals surface area contributed by atoms with Crippen LogP contribution in [0, 0.1) is 23.1 Å². The number of carbonyl (C=O) groups excluding carboxylic acids is 1. The molecule has 0 radical (unpaired) electrons. The molecule has 1 amide bonds. The van der Waals surface area contributed by atoms with Gasteiger partial charge in [0.15, 0.2) is 5.82 Å². The van der Waals surface area contributed by atoms with Crippen molar-refractivity contribution in [2.45, 2.75) is 0 Å². The van der Waals surface area contributed by atoms with Crippen LogP contribution in [0.5, 0.6) is 0 Å². The Morgan fingerprint density at radius 1 is 1.35 bits per heavy atom. The summed E-state index contributed by atoms with van der Waals surface area (Å²) in [7, 11) is 0. The van der Waals surface area contributed by atoms with Gasteiger partial charge in [-0.1, -0.05) is 11.6 Å². The van der Waals surface area contributed by atoms with Crippen LogP contribution < -0.4 is 5.32 Å². The number of hydrogen-bond acceptors (Lipinski definition) is 3. The fourth-order valence-electron chi connectivity index (χ4n) is 1.47. The van der Waals surface area contributed by atoms with Gasteiger partial charge in [-0.3, -0.25) is 4.79 Å². The number of carbonyl (C=O) groups is 1. The summed E-state index contributed by atoms with van der Waals surface area (Å²) in [5, 5.41) is 11.1. The average molecular weight is 294 g/mol. The zero-order chi connectivity index (χ0) is 14.7. The summed E-state index contributed by atoms with van der Waals surface area (Å²) in [5.41, 5.74) is 0.0133. The molecule has 2 rings (SSSR count). The van der Waals surface area contributed by atoms with Crippen LogP contribution in [0.4, 0.5) is 14.5 Å². The Hall–Kier alpha value is -2.52. The standard InChI is InChI=1S/C13H6ClF2N3O/c14-9-5-7(6-17)1-2-10(9)19-13(20)8-3-4-18-12(16)11(8)15/h1-5H,(H,19,20). The summed E-state index contributed by atoms with van der Waals surface area (Å²) in [6.45, 7) is 0. The fraction of sp³-hybridized carbons (Fsp3) is 0. The molecule has 0 saturated heterocycles. The molecule has 7 heteroatoms. The van der Waals surface area contributed by atoms with Gasteiger partial charge in [0.1, 0.15) is 0 Å². The number of pyridine rings is 1. The third kappa shape index (κ3) is 2.73. The molecule has 1 heterocycles. The Morgan fingerprint density at radius 3 is 2.75 bits per heavy atom. The minimum atomic E-state index is -1.36. The number of halogens is 3. The smallest absolute Gasteiger partial charge is 0.258 e. The molecule has 0 atom stereocenters. The van der Waals surface area contributed by atoms with Crippen LogP contribution in [0.3, 0.4) is 0 Å². The molecule has 0 unspecified atom stereocenters. The molecule has 2 aromatic rings. The van der Waals surface area contributed by atoms with E-state index in [1.165, 1.54) is 18.2 Å². The first-order chi connectivity index (χ1) is 9.52. The van der Waals surface area contributed by atoms with Crippen molar-refractivity contribution in [3.8, 4) is 6.07 Å². The molecule has 0 aliphatic heterocycles. The second-order valence-corrected chi connectivity index (χ2v) is 4.13. The second-order valence-electron chi connectivity index (χ2n) is 3.72. The Kier molecular flexibility index (Phi) is 3.91. The summed E-state index contributed by atoms with van der Waals surface area (Å²) >= 11 is 5.86. The van der Waals surface area contributed by atoms with E-state index in [1.807, 2.05) is 6.07 Å². The highest BCUT2D eigenvalue weighted by Crippen LogP contribution is 2.23. The van der Waals surface area contributed by atoms with Gasteiger partial charge in [-0.25, -0.2) is 9.37 Å². The summed E-state index contributed by atoms with van der Waals surface area (Å²) in [5.74, 6) is -3.56. The van der Waals surface area contributed by atoms with Crippen molar-refractivity contribution in [1.29, 1.82) is 5.26 Å². The molecule has 1 aromatic heterocycles. The minimum Gasteiger partial charge on any atom is -0.321 e. The van der Waals surface area contributed by atoms with Crippen molar-refractivity contribution in [3.05, 3.63) is 58.4 Å². The van der Waals surface area contributed by atoms with Crippen LogP contribution in [-0.4, -0.2) is 10.9 Å². The molecule has 0 saturated carbocycles. The predicted molar refractivity (Wildman–Crippen MR) is 68.3 cm³/mol. The third-order valence-corrected chi connectivity index (χ3v) is 2.75. The van der Waals surface area contributed by atoms with Gasteiger partial charge in [-0.05, 0) is 24.3 Å². The van der Waals surface area contributed by atoms with Crippen molar-refractivity contribution >= 4 is 23.2 Å². The first-order valence-corrected chi connectivity index (χ1v) is 5.71. The number of aromatic nitrogens is 1. The largest absolute Gasteiger partial charge is 0.321 e. The van der Waals surface area contributed by atoms with Crippen molar-refractivity contribution in [2.24, 2.45) is 0 Å². The molecular formula is C13H6ClF2N3O. The van der Waals surface area contributed by atoms with Gasteiger partial charge >= 0.3 is 0 Å². The summed E-state index contributed by atoms with van der Waals surface area (Å²) in [4.78, 5) is 14.9. The number of benzene rings is 1. The number of hydrogen-bond donors (Lipinski definition) is 1. The summed E-state index contributed by atoms with van der Waals surface area (Å²) in [6.07, 6.45) is 0.980. The van der Waals surface area contributed by atoms with Gasteiger partial charge in [-0.15, -0.1) is 0 Å². The third-order valence-electron chi connectivity index (χ3n) is 2.44. The molecule has 1 N–H and O–H groups in total. The molecule has 0 fully saturated rings. The van der Waals surface area contributed by atoms with Gasteiger partial charge in [0, 0.05) is 6.20 Å². The van der Waals surface area contributed by atoms with Gasteiger partial charge in [0.2, 0.25) is 5.95 Å². The SMILES string of the molecule is N#Cc1ccc(NC(=O)c2ccnc(F)c2F)c(Cl)c1. The highest BCUT2D eigenvalue weighted by Gasteiger charge is 2.17. The van der Waals surface area contributed by atoms with Crippen LogP contribution >= 0.6 is 11.6 Å². The molecule has 4 nitrogen and oxygen atoms in total. The lowest BCUT2D eigenvalue weighted by atomic mass is 10.2. The average Bonchev–Trinajstić information content (AvgIpc) is 2.44. The van der Waals surface area contributed by atoms with Crippen LogP contribution in [-0.2, 0) is 0 Å². The quantitative estimate of drug-likeness (QED) is 0.865. The van der Waals surface area contributed by atoms with E-state index in [9.17, 15) is 13.6 Å². The van der Waals surface area contributed by atoms with Gasteiger partial charge in [0.25, 0.3) is 5.91 Å². The minimum absolute atomic E-state index is 0.118. The zero-order valence-corrected chi connectivity index (χ0v) is 10.6. The lowest BCUT2D eigenvalue weighted by molar-refractivity contribution is 0.102. The maximum atomic E-state index is 13.4. The molecule has 20 heavy (non-hydrogen) atoms. The van der Waals surface area contributed by atoms with Gasteiger partial charge in [-0.2, -0.15) is 9.65 Å². The monoisotopic (exact) mass is 293 g/mol. The maximum Gasteiger partial charge on any atom is 0.258 e. The normalized spacial score (nSPS) is 9.90. The second kappa shape index (κ2) is 5.63. The lowest BCUT2D eigenvalue weighted by Crippen LogP contribution is -2.15. The molecule has 0 spiro atoms. The highest BCUT2D eigenvalue weighted by molar-refractivity contribution is 6.34. The van der Waals surface area contributed by atoms with E-state index in [4.69, 9.17) is 16.9 Å². The van der Waals surface area contributed by atoms with Gasteiger partial charge in [0.05, 0.1) is 27.9 Å². The van der Waals surface area contributed by atoms with Crippen molar-refractivity contribution in [2.75, 3.05) is 5.32 Å². The van der Waals surface area contributed by atoms with E-state index in [0.717, 1.165) is 12.3 Å². The Balaban J connectivity index is 2.29. The van der Waals surface area contributed by atoms with E-state index < -0.39 is 23.2 Å². The molecule has 0 aliphatic carbocycles. The van der Waals surface area contributed by atoms with Crippen molar-refractivity contribution < 1.29 is 13.6 Å². The van der Waals surface area contributed by atoms with E-state index >= 15 is 0 Å². The zero-order valence-electron chi connectivity index (χ0n) is 9.82. The van der Waals surface area contributed by atoms with Crippen molar-refractivity contribution in [3.63, 3.8) is 0 Å². The molecule has 0 bridgehead atoms. The Labute approximate surface area is 117 Å². The maximum absolute atomic E-state index is 13.4. The van der Waals surface area contributed by atoms with Crippen molar-refractivity contribution in [1.82, 2.24) is 4.98 Å². The first kappa shape index (κ1) is 13.9. The van der Waals surface area contributed by atoms with Crippen LogP contribution in [0.1, 0.15) is 15.9 Å². The molecule has 100 valence electrons. The predicted octanol–water partition coefficient (Wildman–Crippen LogP) is 3.14. The van der Waals surface area contributed by atoms with E-state index in [-0.39, 0.29) is 10.7 Å². The van der Waals surface area contributed by atoms with Gasteiger partial charge < -0.3 is 5.32 Å². The topological polar surface area (TPSA) is 65.8 Å². The number of amides is 1. The first-order valence-electron chi connectivity index (χ1n) is 5.34. The van der Waals surface area contributed by atoms with Crippen LogP contribution in [0.15, 0.2) is 30.5 Å². The van der Waals surface area contributed by atoms with E-state index in [0.29, 0.717) is 5.56 Å². The molecule has 0 aliphatic rings. The number of rotatable bonds is 2. The molecule has 1 aromatic carbocycles. The Bertz CT molecular complexity index is 728. The number of nitrogens with one attached hydrogen (secondary N) is 1. The van der Waals surface area contributed by atoms with E-state index in [1.54, 1.807) is 0 Å². The Morgan fingerprint density at radius 2 is 2.10 bits per heavy atom. The summed E-state index contributed by atoms with van der Waals surface area (Å²) in [6, 6.07) is 7.11.